The number of hydrogen-bond donors (Lipinski definition) is 0. The third kappa shape index (κ3) is 7.48. The van der Waals surface area contributed by atoms with Gasteiger partial charge in [-0.25, -0.2) is 8.42 Å². The van der Waals surface area contributed by atoms with Crippen LogP contribution in [0.4, 0.5) is 0 Å². The molecular formula is C8H14O8S2-2. The van der Waals surface area contributed by atoms with E-state index >= 15 is 0 Å². The molecule has 0 aromatic carbocycles. The third-order valence-corrected chi connectivity index (χ3v) is 3.59. The summed E-state index contributed by atoms with van der Waals surface area (Å²) in [7, 11) is -4.60. The zero-order valence-corrected chi connectivity index (χ0v) is 11.1. The van der Waals surface area contributed by atoms with Gasteiger partial charge >= 0.3 is 0 Å². The Morgan fingerprint density at radius 2 is 1.67 bits per heavy atom. The maximum absolute atomic E-state index is 10.3. The third-order valence-electron chi connectivity index (χ3n) is 2.82. The molecule has 1 saturated carbocycles. The molecule has 18 heavy (non-hydrogen) atoms. The second-order valence-corrected chi connectivity index (χ2v) is 5.63. The van der Waals surface area contributed by atoms with Gasteiger partial charge in [0.25, 0.3) is 0 Å². The lowest BCUT2D eigenvalue weighted by Gasteiger charge is -2.27. The highest BCUT2D eigenvalue weighted by Gasteiger charge is 2.22. The zero-order valence-electron chi connectivity index (χ0n) is 9.48. The molecule has 1 aliphatic rings. The van der Waals surface area contributed by atoms with E-state index in [0.29, 0.717) is 24.8 Å². The maximum atomic E-state index is 10.3. The molecule has 0 spiro atoms. The van der Waals surface area contributed by atoms with Crippen molar-refractivity contribution in [1.82, 2.24) is 0 Å². The van der Waals surface area contributed by atoms with Crippen LogP contribution in [0.1, 0.15) is 25.7 Å². The van der Waals surface area contributed by atoms with Crippen LogP contribution in [-0.2, 0) is 28.1 Å². The average molecular weight is 302 g/mol. The molecule has 10 heteroatoms. The summed E-state index contributed by atoms with van der Waals surface area (Å²) in [5.41, 5.74) is 0. The van der Waals surface area contributed by atoms with E-state index in [4.69, 9.17) is 4.18 Å². The highest BCUT2D eigenvalue weighted by molar-refractivity contribution is 7.89. The summed E-state index contributed by atoms with van der Waals surface area (Å²) in [5, 5.41) is 12.6. The summed E-state index contributed by atoms with van der Waals surface area (Å²) in [6, 6.07) is 0. The highest BCUT2D eigenvalue weighted by atomic mass is 32.3. The Kier molecular flexibility index (Phi) is 7.41. The highest BCUT2D eigenvalue weighted by Crippen LogP contribution is 2.30. The predicted molar refractivity (Wildman–Crippen MR) is 56.8 cm³/mol. The molecule has 0 aromatic rings. The second kappa shape index (κ2) is 8.27. The molecule has 8 nitrogen and oxygen atoms in total. The van der Waals surface area contributed by atoms with Gasteiger partial charge in [0, 0.05) is 0 Å². The Morgan fingerprint density at radius 1 is 1.11 bits per heavy atom. The minimum Gasteiger partial charge on any atom is -0.726 e. The van der Waals surface area contributed by atoms with E-state index in [0.717, 1.165) is 25.7 Å². The van der Waals surface area contributed by atoms with Crippen LogP contribution in [0.25, 0.3) is 0 Å². The van der Waals surface area contributed by atoms with Gasteiger partial charge in [-0.15, -0.1) is 4.33 Å². The normalized spacial score (nSPS) is 25.2. The van der Waals surface area contributed by atoms with Crippen molar-refractivity contribution in [1.29, 1.82) is 0 Å². The van der Waals surface area contributed by atoms with Crippen molar-refractivity contribution in [2.75, 3.05) is 13.2 Å². The molecule has 1 rings (SSSR count). The van der Waals surface area contributed by atoms with Gasteiger partial charge in [0.05, 0.1) is 13.2 Å². The molecule has 0 heterocycles. The van der Waals surface area contributed by atoms with Gasteiger partial charge < -0.3 is 9.81 Å². The Morgan fingerprint density at radius 3 is 2.17 bits per heavy atom. The monoisotopic (exact) mass is 302 g/mol. The van der Waals surface area contributed by atoms with Crippen molar-refractivity contribution < 1.29 is 36.0 Å². The van der Waals surface area contributed by atoms with Gasteiger partial charge in [0.15, 0.2) is 12.3 Å². The van der Waals surface area contributed by atoms with Gasteiger partial charge in [-0.05, 0) is 37.5 Å². The van der Waals surface area contributed by atoms with Crippen molar-refractivity contribution >= 4 is 22.7 Å². The van der Waals surface area contributed by atoms with Crippen molar-refractivity contribution in [3.8, 4) is 0 Å². The molecule has 0 bridgehead atoms. The summed E-state index contributed by atoms with van der Waals surface area (Å²) < 4.78 is 44.0. The van der Waals surface area contributed by atoms with E-state index in [9.17, 15) is 18.2 Å². The molecule has 0 radical (unpaired) electrons. The van der Waals surface area contributed by atoms with Crippen molar-refractivity contribution in [3.63, 3.8) is 0 Å². The molecule has 0 aromatic heterocycles. The fraction of sp³-hybridized carbons (Fsp3) is 1.00. The molecule has 108 valence electrons. The molecule has 0 unspecified atom stereocenters. The first-order chi connectivity index (χ1) is 8.51. The first-order valence-electron chi connectivity index (χ1n) is 5.36. The van der Waals surface area contributed by atoms with Crippen LogP contribution in [0.15, 0.2) is 0 Å². The van der Waals surface area contributed by atoms with E-state index in [1.54, 1.807) is 0 Å². The summed E-state index contributed by atoms with van der Waals surface area (Å²) in [4.78, 5) is 0. The molecule has 1 fully saturated rings. The lowest BCUT2D eigenvalue weighted by Crippen LogP contribution is -2.22. The van der Waals surface area contributed by atoms with Gasteiger partial charge in [-0.2, -0.15) is 0 Å². The molecular weight excluding hydrogens is 288 g/mol. The topological polar surface area (TPSA) is 117 Å². The van der Waals surface area contributed by atoms with Crippen LogP contribution in [0.3, 0.4) is 0 Å². The summed E-state index contributed by atoms with van der Waals surface area (Å²) in [5.74, 6) is 0.395. The largest absolute Gasteiger partial charge is 0.726 e. The molecule has 0 atom stereocenters. The zero-order chi connectivity index (χ0) is 13.4. The number of rotatable bonds is 8. The minimum atomic E-state index is -4.60. The van der Waals surface area contributed by atoms with E-state index < -0.39 is 10.4 Å². The SMILES string of the molecule is O=S(=O)([O-])OCC1CCC(COSOO[O-])CC1. The van der Waals surface area contributed by atoms with E-state index in [-0.39, 0.29) is 12.5 Å². The van der Waals surface area contributed by atoms with Crippen LogP contribution in [0.5, 0.6) is 0 Å². The fourth-order valence-electron chi connectivity index (χ4n) is 1.90. The summed E-state index contributed by atoms with van der Waals surface area (Å²) >= 11 is 0.481. The van der Waals surface area contributed by atoms with Gasteiger partial charge in [-0.1, -0.05) is 0 Å². The van der Waals surface area contributed by atoms with Gasteiger partial charge in [-0.3, -0.25) is 13.4 Å². The predicted octanol–water partition coefficient (Wildman–Crippen LogP) is 0.0729. The molecule has 0 saturated heterocycles. The lowest BCUT2D eigenvalue weighted by atomic mass is 9.83. The standard InChI is InChI=1S/C8H16O8S2/c9-15-16-17-13-5-7-1-3-8(4-2-7)6-14-18(10,11)12/h7-9H,1-6H2,(H,10,11,12)/p-2. The van der Waals surface area contributed by atoms with Crippen molar-refractivity contribution in [3.05, 3.63) is 0 Å². The second-order valence-electron chi connectivity index (χ2n) is 4.07. The van der Waals surface area contributed by atoms with Crippen molar-refractivity contribution in [2.45, 2.75) is 25.7 Å². The Hall–Kier alpha value is 0.0600. The Bertz CT molecular complexity index is 311. The van der Waals surface area contributed by atoms with E-state index in [2.05, 4.69) is 13.6 Å². The Labute approximate surface area is 110 Å². The minimum absolute atomic E-state index is 0.0543. The average Bonchev–Trinajstić information content (AvgIpc) is 2.33. The first-order valence-corrected chi connectivity index (χ1v) is 7.36. The van der Waals surface area contributed by atoms with E-state index in [1.807, 2.05) is 0 Å². The lowest BCUT2D eigenvalue weighted by molar-refractivity contribution is -0.777. The van der Waals surface area contributed by atoms with E-state index in [1.165, 1.54) is 0 Å². The van der Waals surface area contributed by atoms with Gasteiger partial charge in [0.1, 0.15) is 0 Å². The van der Waals surface area contributed by atoms with Crippen LogP contribution in [-0.4, -0.2) is 26.2 Å². The van der Waals surface area contributed by atoms with Crippen LogP contribution in [0, 0.1) is 11.8 Å². The summed E-state index contributed by atoms with van der Waals surface area (Å²) in [6.07, 6.45) is 3.22. The van der Waals surface area contributed by atoms with Gasteiger partial charge in [0.2, 0.25) is 10.4 Å². The van der Waals surface area contributed by atoms with Crippen LogP contribution < -0.4 is 5.26 Å². The van der Waals surface area contributed by atoms with Crippen LogP contribution >= 0.6 is 12.3 Å². The van der Waals surface area contributed by atoms with Crippen molar-refractivity contribution in [2.24, 2.45) is 11.8 Å². The first kappa shape index (κ1) is 16.1. The van der Waals surface area contributed by atoms with Crippen LogP contribution in [0.2, 0.25) is 0 Å². The fourth-order valence-corrected chi connectivity index (χ4v) is 2.57. The summed E-state index contributed by atoms with van der Waals surface area (Å²) in [6.45, 7) is 0.364. The quantitative estimate of drug-likeness (QED) is 0.153. The number of hydrogen-bond acceptors (Lipinski definition) is 9. The Balaban J connectivity index is 2.09. The molecule has 1 aliphatic carbocycles. The molecule has 0 amide bonds. The molecule has 0 aliphatic heterocycles. The smallest absolute Gasteiger partial charge is 0.217 e. The molecule has 0 N–H and O–H groups in total. The maximum Gasteiger partial charge on any atom is 0.217 e.